The molecule has 0 radical (unpaired) electrons. The highest BCUT2D eigenvalue weighted by molar-refractivity contribution is 7.92. The van der Waals surface area contributed by atoms with E-state index < -0.39 is 15.8 Å². The van der Waals surface area contributed by atoms with Gasteiger partial charge in [0.1, 0.15) is 5.82 Å². The fourth-order valence-corrected chi connectivity index (χ4v) is 3.31. The number of sulfonamides is 1. The Labute approximate surface area is 127 Å². The third-order valence-corrected chi connectivity index (χ3v) is 4.77. The monoisotopic (exact) mass is 328 g/mol. The summed E-state index contributed by atoms with van der Waals surface area (Å²) in [5.41, 5.74) is 6.82. The van der Waals surface area contributed by atoms with E-state index in [1.807, 2.05) is 0 Å². The van der Waals surface area contributed by atoms with Gasteiger partial charge in [0.25, 0.3) is 10.0 Å². The molecule has 0 saturated carbocycles. The quantitative estimate of drug-likeness (QED) is 0.847. The molecule has 0 amide bonds. The standard InChI is InChI=1S/C14H14ClFN2O2S/c1-8-4-3-5-11(15)14(8)18-21(19,20)10-6-12(16)9(2)13(17)7-10/h3-7,18H,17H2,1-2H3. The van der Waals surface area contributed by atoms with Crippen molar-refractivity contribution in [1.29, 1.82) is 0 Å². The van der Waals surface area contributed by atoms with Gasteiger partial charge in [-0.25, -0.2) is 12.8 Å². The Morgan fingerprint density at radius 1 is 1.24 bits per heavy atom. The summed E-state index contributed by atoms with van der Waals surface area (Å²) in [6, 6.07) is 7.14. The van der Waals surface area contributed by atoms with E-state index in [-0.39, 0.29) is 26.9 Å². The molecule has 112 valence electrons. The molecule has 0 fully saturated rings. The molecule has 0 spiro atoms. The van der Waals surface area contributed by atoms with Crippen LogP contribution in [0.2, 0.25) is 5.02 Å². The lowest BCUT2D eigenvalue weighted by atomic mass is 10.2. The predicted molar refractivity (Wildman–Crippen MR) is 82.5 cm³/mol. The minimum atomic E-state index is -3.97. The van der Waals surface area contributed by atoms with Crippen LogP contribution in [-0.4, -0.2) is 8.42 Å². The highest BCUT2D eigenvalue weighted by Gasteiger charge is 2.19. The molecule has 0 aromatic heterocycles. The maximum atomic E-state index is 13.7. The Bertz CT molecular complexity index is 763. The summed E-state index contributed by atoms with van der Waals surface area (Å²) in [5.74, 6) is -0.675. The van der Waals surface area contributed by atoms with E-state index in [0.29, 0.717) is 5.56 Å². The van der Waals surface area contributed by atoms with Crippen LogP contribution in [0.5, 0.6) is 0 Å². The number of aryl methyl sites for hydroxylation is 1. The van der Waals surface area contributed by atoms with Crippen molar-refractivity contribution in [2.45, 2.75) is 18.7 Å². The van der Waals surface area contributed by atoms with Gasteiger partial charge < -0.3 is 5.73 Å². The number of anilines is 2. The van der Waals surface area contributed by atoms with Gasteiger partial charge in [-0.15, -0.1) is 0 Å². The average molecular weight is 329 g/mol. The highest BCUT2D eigenvalue weighted by Crippen LogP contribution is 2.29. The van der Waals surface area contributed by atoms with Crippen molar-refractivity contribution >= 4 is 33.0 Å². The zero-order chi connectivity index (χ0) is 15.8. The Morgan fingerprint density at radius 2 is 1.90 bits per heavy atom. The van der Waals surface area contributed by atoms with E-state index in [1.165, 1.54) is 13.0 Å². The Balaban J connectivity index is 2.49. The number of nitrogens with two attached hydrogens (primary N) is 1. The first-order chi connectivity index (χ1) is 9.72. The van der Waals surface area contributed by atoms with Gasteiger partial charge in [-0.05, 0) is 37.6 Å². The number of benzene rings is 2. The number of halogens is 2. The molecule has 0 aliphatic carbocycles. The Hall–Kier alpha value is -1.79. The van der Waals surface area contributed by atoms with Crippen LogP contribution >= 0.6 is 11.6 Å². The summed E-state index contributed by atoms with van der Waals surface area (Å²) in [6.07, 6.45) is 0. The van der Waals surface area contributed by atoms with Crippen LogP contribution in [0.15, 0.2) is 35.2 Å². The molecule has 0 heterocycles. The van der Waals surface area contributed by atoms with Crippen molar-refractivity contribution < 1.29 is 12.8 Å². The van der Waals surface area contributed by atoms with E-state index >= 15 is 0 Å². The SMILES string of the molecule is Cc1cccc(Cl)c1NS(=O)(=O)c1cc(N)c(C)c(F)c1. The van der Waals surface area contributed by atoms with Crippen molar-refractivity contribution in [1.82, 2.24) is 0 Å². The van der Waals surface area contributed by atoms with Gasteiger partial charge in [0.2, 0.25) is 0 Å². The van der Waals surface area contributed by atoms with Gasteiger partial charge in [-0.3, -0.25) is 4.72 Å². The molecule has 0 aliphatic rings. The summed E-state index contributed by atoms with van der Waals surface area (Å²) in [5, 5.41) is 0.263. The second-order valence-electron chi connectivity index (χ2n) is 4.66. The minimum absolute atomic E-state index is 0.0752. The third-order valence-electron chi connectivity index (χ3n) is 3.13. The van der Waals surface area contributed by atoms with Crippen molar-refractivity contribution in [3.8, 4) is 0 Å². The summed E-state index contributed by atoms with van der Waals surface area (Å²) < 4.78 is 40.7. The fraction of sp³-hybridized carbons (Fsp3) is 0.143. The second-order valence-corrected chi connectivity index (χ2v) is 6.75. The Kier molecular flexibility index (Phi) is 4.11. The molecule has 2 aromatic rings. The van der Waals surface area contributed by atoms with Gasteiger partial charge >= 0.3 is 0 Å². The molecular formula is C14H14ClFN2O2S. The van der Waals surface area contributed by atoms with Crippen molar-refractivity contribution in [2.75, 3.05) is 10.5 Å². The second kappa shape index (κ2) is 5.54. The average Bonchev–Trinajstić information content (AvgIpc) is 2.40. The van der Waals surface area contributed by atoms with E-state index in [0.717, 1.165) is 6.07 Å². The Morgan fingerprint density at radius 3 is 2.48 bits per heavy atom. The predicted octanol–water partition coefficient (Wildman–Crippen LogP) is 3.48. The van der Waals surface area contributed by atoms with Crippen LogP contribution in [0.25, 0.3) is 0 Å². The number of hydrogen-bond acceptors (Lipinski definition) is 3. The number of para-hydroxylation sites is 1. The zero-order valence-corrected chi connectivity index (χ0v) is 13.0. The molecule has 0 aliphatic heterocycles. The normalized spacial score (nSPS) is 11.4. The highest BCUT2D eigenvalue weighted by atomic mass is 35.5. The lowest BCUT2D eigenvalue weighted by Crippen LogP contribution is -2.15. The van der Waals surface area contributed by atoms with Gasteiger partial charge in [0.15, 0.2) is 0 Å². The van der Waals surface area contributed by atoms with E-state index in [2.05, 4.69) is 4.72 Å². The summed E-state index contributed by atoms with van der Waals surface area (Å²) in [6.45, 7) is 3.19. The summed E-state index contributed by atoms with van der Waals surface area (Å²) >= 11 is 5.99. The smallest absolute Gasteiger partial charge is 0.262 e. The maximum absolute atomic E-state index is 13.7. The topological polar surface area (TPSA) is 72.2 Å². The van der Waals surface area contributed by atoms with Crippen molar-refractivity contribution in [2.24, 2.45) is 0 Å². The van der Waals surface area contributed by atoms with Crippen LogP contribution in [0.3, 0.4) is 0 Å². The van der Waals surface area contributed by atoms with Crippen LogP contribution in [0, 0.1) is 19.7 Å². The molecule has 0 unspecified atom stereocenters. The van der Waals surface area contributed by atoms with E-state index in [9.17, 15) is 12.8 Å². The first kappa shape index (κ1) is 15.6. The minimum Gasteiger partial charge on any atom is -0.398 e. The van der Waals surface area contributed by atoms with Crippen LogP contribution in [0.1, 0.15) is 11.1 Å². The van der Waals surface area contributed by atoms with Crippen LogP contribution in [-0.2, 0) is 10.0 Å². The van der Waals surface area contributed by atoms with Crippen molar-refractivity contribution in [3.63, 3.8) is 0 Å². The van der Waals surface area contributed by atoms with Gasteiger partial charge in [0, 0.05) is 11.3 Å². The third kappa shape index (κ3) is 3.11. The van der Waals surface area contributed by atoms with E-state index in [1.54, 1.807) is 25.1 Å². The molecule has 7 heteroatoms. The van der Waals surface area contributed by atoms with Crippen LogP contribution in [0.4, 0.5) is 15.8 Å². The van der Waals surface area contributed by atoms with Crippen molar-refractivity contribution in [3.05, 3.63) is 52.3 Å². The molecular weight excluding hydrogens is 315 g/mol. The fourth-order valence-electron chi connectivity index (χ4n) is 1.78. The lowest BCUT2D eigenvalue weighted by molar-refractivity contribution is 0.593. The largest absolute Gasteiger partial charge is 0.398 e. The van der Waals surface area contributed by atoms with Gasteiger partial charge in [-0.1, -0.05) is 23.7 Å². The molecule has 2 rings (SSSR count). The molecule has 0 bridgehead atoms. The zero-order valence-electron chi connectivity index (χ0n) is 11.4. The van der Waals surface area contributed by atoms with Gasteiger partial charge in [0.05, 0.1) is 15.6 Å². The number of nitrogens with one attached hydrogen (secondary N) is 1. The first-order valence-corrected chi connectivity index (χ1v) is 7.92. The van der Waals surface area contributed by atoms with Crippen LogP contribution < -0.4 is 10.5 Å². The molecule has 0 atom stereocenters. The summed E-state index contributed by atoms with van der Waals surface area (Å²) in [7, 11) is -3.97. The number of rotatable bonds is 3. The molecule has 0 saturated heterocycles. The first-order valence-electron chi connectivity index (χ1n) is 6.06. The maximum Gasteiger partial charge on any atom is 0.262 e. The van der Waals surface area contributed by atoms with E-state index in [4.69, 9.17) is 17.3 Å². The molecule has 3 N–H and O–H groups in total. The lowest BCUT2D eigenvalue weighted by Gasteiger charge is -2.13. The number of hydrogen-bond donors (Lipinski definition) is 2. The van der Waals surface area contributed by atoms with Gasteiger partial charge in [-0.2, -0.15) is 0 Å². The molecule has 2 aromatic carbocycles. The summed E-state index contributed by atoms with van der Waals surface area (Å²) in [4.78, 5) is -0.248. The molecule has 21 heavy (non-hydrogen) atoms. The molecule has 4 nitrogen and oxygen atoms in total. The number of nitrogen functional groups attached to an aromatic ring is 1.